The molecule has 0 fully saturated rings. The van der Waals surface area contributed by atoms with E-state index < -0.39 is 0 Å². The number of aromatic nitrogens is 3. The van der Waals surface area contributed by atoms with Gasteiger partial charge in [-0.3, -0.25) is 0 Å². The highest BCUT2D eigenvalue weighted by Gasteiger charge is 1.96. The maximum Gasteiger partial charge on any atom is 0.178 e. The number of fused-ring (bicyclic) bond motifs is 1. The monoisotopic (exact) mass is 143 g/mol. The van der Waals surface area contributed by atoms with Crippen molar-refractivity contribution in [3.8, 4) is 0 Å². The lowest BCUT2D eigenvalue weighted by molar-refractivity contribution is 1.21. The highest BCUT2D eigenvalue weighted by molar-refractivity contribution is 7.21. The number of nitrogens with zero attached hydrogens (tertiary/aromatic N) is 3. The zero-order chi connectivity index (χ0) is 5.40. The van der Waals surface area contributed by atoms with Crippen LogP contribution in [0, 0.1) is 0 Å². The fourth-order valence-corrected chi connectivity index (χ4v) is 1.71. The number of hydrogen-bond donors (Lipinski definition) is 0. The molecule has 0 aliphatic carbocycles. The van der Waals surface area contributed by atoms with E-state index in [-0.39, 0.29) is 0 Å². The second-order valence-electron chi connectivity index (χ2n) is 1.27. The molecule has 8 heavy (non-hydrogen) atoms. The smallest absolute Gasteiger partial charge is 0.178 e. The van der Waals surface area contributed by atoms with E-state index in [1.807, 2.05) is 0 Å². The van der Waals surface area contributed by atoms with Crippen LogP contribution in [0.5, 0.6) is 0 Å². The zero-order valence-electron chi connectivity index (χ0n) is 3.74. The molecular weight excluding hydrogens is 142 g/mol. The molecule has 0 radical (unpaired) electrons. The zero-order valence-corrected chi connectivity index (χ0v) is 5.37. The van der Waals surface area contributed by atoms with Gasteiger partial charge in [-0.25, -0.2) is 0 Å². The molecule has 3 nitrogen and oxygen atoms in total. The lowest BCUT2D eigenvalue weighted by Crippen LogP contribution is -1.55. The first-order valence-corrected chi connectivity index (χ1v) is 3.54. The molecule has 0 bridgehead atoms. The second kappa shape index (κ2) is 1.46. The van der Waals surface area contributed by atoms with Gasteiger partial charge in [0.2, 0.25) is 0 Å². The van der Waals surface area contributed by atoms with Gasteiger partial charge in [-0.05, 0) is 23.1 Å². The maximum atomic E-state index is 3.91. The molecule has 2 rings (SSSR count). The molecule has 0 aliphatic rings. The molecule has 0 amide bonds. The number of rotatable bonds is 0. The Kier molecular flexibility index (Phi) is 0.793. The third-order valence-corrected chi connectivity index (χ3v) is 2.26. The van der Waals surface area contributed by atoms with E-state index in [1.54, 1.807) is 6.20 Å². The molecule has 0 aromatic carbocycles. The molecule has 0 saturated heterocycles. The Labute approximate surface area is 53.3 Å². The molecule has 40 valence electrons. The second-order valence-corrected chi connectivity index (χ2v) is 2.83. The van der Waals surface area contributed by atoms with Gasteiger partial charge in [0.05, 0.1) is 6.20 Å². The molecule has 0 unspecified atom stereocenters. The van der Waals surface area contributed by atoms with Crippen LogP contribution in [0.1, 0.15) is 0 Å². The first kappa shape index (κ1) is 4.34. The van der Waals surface area contributed by atoms with Crippen molar-refractivity contribution in [3.05, 3.63) is 6.20 Å². The van der Waals surface area contributed by atoms with Crippen molar-refractivity contribution in [2.45, 2.75) is 0 Å². The Balaban J connectivity index is 3.06. The molecule has 0 saturated carbocycles. The maximum absolute atomic E-state index is 3.91. The van der Waals surface area contributed by atoms with Gasteiger partial charge in [-0.15, -0.1) is 5.10 Å². The third-order valence-electron chi connectivity index (χ3n) is 0.791. The van der Waals surface area contributed by atoms with E-state index in [9.17, 15) is 0 Å². The van der Waals surface area contributed by atoms with E-state index in [0.29, 0.717) is 0 Å². The Morgan fingerprint density at radius 3 is 3.25 bits per heavy atom. The SMILES string of the molecule is c1nsc2nnsc12. The van der Waals surface area contributed by atoms with Crippen molar-refractivity contribution in [3.63, 3.8) is 0 Å². The summed E-state index contributed by atoms with van der Waals surface area (Å²) >= 11 is 2.76. The number of hydrogen-bond acceptors (Lipinski definition) is 5. The summed E-state index contributed by atoms with van der Waals surface area (Å²) in [4.78, 5) is 0.940. The summed E-state index contributed by atoms with van der Waals surface area (Å²) in [6.45, 7) is 0. The molecule has 2 heterocycles. The first-order chi connectivity index (χ1) is 3.97. The van der Waals surface area contributed by atoms with Crippen LogP contribution in [-0.2, 0) is 0 Å². The van der Waals surface area contributed by atoms with Crippen LogP contribution >= 0.6 is 23.1 Å². The van der Waals surface area contributed by atoms with Crippen LogP contribution in [-0.4, -0.2) is 14.0 Å². The Bertz CT molecular complexity index is 234. The Hall–Kier alpha value is -0.550. The molecule has 0 N–H and O–H groups in total. The molecule has 5 heteroatoms. The fraction of sp³-hybridized carbons (Fsp3) is 0. The van der Waals surface area contributed by atoms with Crippen LogP contribution in [0.25, 0.3) is 9.53 Å². The summed E-state index contributed by atoms with van der Waals surface area (Å²) in [5, 5.41) is 3.80. The molecule has 2 aromatic heterocycles. The summed E-state index contributed by atoms with van der Waals surface area (Å²) in [7, 11) is 0. The van der Waals surface area contributed by atoms with Gasteiger partial charge in [-0.2, -0.15) is 4.37 Å². The summed E-state index contributed by atoms with van der Waals surface area (Å²) in [6.07, 6.45) is 1.78. The highest BCUT2D eigenvalue weighted by atomic mass is 32.1. The van der Waals surface area contributed by atoms with Gasteiger partial charge in [0.25, 0.3) is 0 Å². The van der Waals surface area contributed by atoms with E-state index in [1.165, 1.54) is 23.1 Å². The average molecular weight is 143 g/mol. The van der Waals surface area contributed by atoms with Gasteiger partial charge in [-0.1, -0.05) is 4.49 Å². The lowest BCUT2D eigenvalue weighted by atomic mass is 10.7. The normalized spacial score (nSPS) is 10.5. The van der Waals surface area contributed by atoms with Crippen LogP contribution in [0.2, 0.25) is 0 Å². The van der Waals surface area contributed by atoms with Crippen LogP contribution in [0.4, 0.5) is 0 Å². The van der Waals surface area contributed by atoms with E-state index in [4.69, 9.17) is 0 Å². The standard InChI is InChI=1S/C3HN3S2/c1-2-3(8-4-1)5-6-7-2/h1H. The summed E-state index contributed by atoms with van der Waals surface area (Å²) in [6, 6.07) is 0. The largest absolute Gasteiger partial charge is 0.197 e. The summed E-state index contributed by atoms with van der Waals surface area (Å²) in [5.74, 6) is 0. The minimum absolute atomic E-state index is 0.940. The van der Waals surface area contributed by atoms with Crippen molar-refractivity contribution in [2.24, 2.45) is 0 Å². The highest BCUT2D eigenvalue weighted by Crippen LogP contribution is 2.16. The minimum atomic E-state index is 0.940. The van der Waals surface area contributed by atoms with Gasteiger partial charge in [0.1, 0.15) is 4.70 Å². The fourth-order valence-electron chi connectivity index (χ4n) is 0.456. The quantitative estimate of drug-likeness (QED) is 0.555. The molecule has 0 aliphatic heterocycles. The van der Waals surface area contributed by atoms with Crippen molar-refractivity contribution < 1.29 is 0 Å². The van der Waals surface area contributed by atoms with Crippen molar-refractivity contribution >= 4 is 32.6 Å². The molecule has 0 spiro atoms. The molecule has 0 atom stereocenters. The lowest BCUT2D eigenvalue weighted by Gasteiger charge is -1.55. The molecule has 2 aromatic rings. The van der Waals surface area contributed by atoms with Crippen molar-refractivity contribution in [1.82, 2.24) is 14.0 Å². The summed E-state index contributed by atoms with van der Waals surface area (Å²) < 4.78 is 8.71. The first-order valence-electron chi connectivity index (χ1n) is 1.99. The van der Waals surface area contributed by atoms with Gasteiger partial charge in [0, 0.05) is 0 Å². The predicted molar refractivity (Wildman–Crippen MR) is 33.1 cm³/mol. The average Bonchev–Trinajstić information content (AvgIpc) is 2.15. The van der Waals surface area contributed by atoms with Crippen LogP contribution in [0.3, 0.4) is 0 Å². The van der Waals surface area contributed by atoms with Gasteiger partial charge >= 0.3 is 0 Å². The Morgan fingerprint density at radius 2 is 2.38 bits per heavy atom. The predicted octanol–water partition coefficient (Wildman–Crippen LogP) is 1.15. The van der Waals surface area contributed by atoms with Crippen LogP contribution in [0.15, 0.2) is 6.20 Å². The molecular formula is C3HN3S2. The van der Waals surface area contributed by atoms with Gasteiger partial charge in [0.15, 0.2) is 4.83 Å². The van der Waals surface area contributed by atoms with Crippen molar-refractivity contribution in [2.75, 3.05) is 0 Å². The minimum Gasteiger partial charge on any atom is -0.197 e. The van der Waals surface area contributed by atoms with Gasteiger partial charge < -0.3 is 0 Å². The van der Waals surface area contributed by atoms with E-state index in [0.717, 1.165) is 9.53 Å². The third kappa shape index (κ3) is 0.452. The summed E-state index contributed by atoms with van der Waals surface area (Å²) in [5.41, 5.74) is 0. The van der Waals surface area contributed by atoms with Crippen LogP contribution < -0.4 is 0 Å². The van der Waals surface area contributed by atoms with E-state index in [2.05, 4.69) is 14.0 Å². The van der Waals surface area contributed by atoms with Crippen molar-refractivity contribution in [1.29, 1.82) is 0 Å². The van der Waals surface area contributed by atoms with E-state index >= 15 is 0 Å². The topological polar surface area (TPSA) is 38.7 Å². The Morgan fingerprint density at radius 1 is 1.38 bits per heavy atom.